The first-order valence-electron chi connectivity index (χ1n) is 6.02. The first-order chi connectivity index (χ1) is 8.58. The Labute approximate surface area is 111 Å². The van der Waals surface area contributed by atoms with E-state index in [1.54, 1.807) is 12.1 Å². The van der Waals surface area contributed by atoms with Crippen LogP contribution in [0.5, 0.6) is 0 Å². The van der Waals surface area contributed by atoms with Crippen LogP contribution in [-0.4, -0.2) is 23.9 Å². The summed E-state index contributed by atoms with van der Waals surface area (Å²) in [6, 6.07) is 4.66. The van der Waals surface area contributed by atoms with Gasteiger partial charge < -0.3 is 5.73 Å². The number of hydrogen-bond donors (Lipinski definition) is 1. The van der Waals surface area contributed by atoms with Crippen LogP contribution in [0.25, 0.3) is 0 Å². The highest BCUT2D eigenvalue weighted by Gasteiger charge is 2.24. The minimum Gasteiger partial charge on any atom is -0.369 e. The molecule has 5 heteroatoms. The molecule has 18 heavy (non-hydrogen) atoms. The van der Waals surface area contributed by atoms with Crippen LogP contribution in [0.15, 0.2) is 18.2 Å². The molecule has 0 spiro atoms. The third kappa shape index (κ3) is 3.00. The molecule has 1 amide bonds. The summed E-state index contributed by atoms with van der Waals surface area (Å²) in [7, 11) is 0. The highest BCUT2D eigenvalue weighted by Crippen LogP contribution is 2.24. The standard InChI is InChI=1S/C13H16ClFN2O/c14-11-4-1-5-12(15)10(11)8-17-6-2-3-9(7-17)13(16)18/h1,4-5,9H,2-3,6-8H2,(H2,16,18). The van der Waals surface area contributed by atoms with Gasteiger partial charge in [0.25, 0.3) is 0 Å². The third-order valence-corrected chi connectivity index (χ3v) is 3.71. The van der Waals surface area contributed by atoms with Gasteiger partial charge in [-0.2, -0.15) is 0 Å². The van der Waals surface area contributed by atoms with Gasteiger partial charge in [0.15, 0.2) is 0 Å². The number of amides is 1. The molecule has 1 heterocycles. The lowest BCUT2D eigenvalue weighted by Crippen LogP contribution is -2.40. The Morgan fingerprint density at radius 3 is 3.00 bits per heavy atom. The molecule has 1 atom stereocenters. The van der Waals surface area contributed by atoms with E-state index in [0.29, 0.717) is 23.7 Å². The van der Waals surface area contributed by atoms with Crippen molar-refractivity contribution in [2.45, 2.75) is 19.4 Å². The van der Waals surface area contributed by atoms with E-state index in [1.165, 1.54) is 6.07 Å². The average Bonchev–Trinajstić information content (AvgIpc) is 2.34. The van der Waals surface area contributed by atoms with Crippen LogP contribution in [0.4, 0.5) is 4.39 Å². The Balaban J connectivity index is 2.07. The molecule has 1 unspecified atom stereocenters. The first-order valence-corrected chi connectivity index (χ1v) is 6.40. The number of nitrogens with zero attached hydrogens (tertiary/aromatic N) is 1. The molecule has 1 aliphatic heterocycles. The van der Waals surface area contributed by atoms with E-state index in [4.69, 9.17) is 17.3 Å². The van der Waals surface area contributed by atoms with Crippen molar-refractivity contribution in [1.82, 2.24) is 4.90 Å². The highest BCUT2D eigenvalue weighted by molar-refractivity contribution is 6.31. The lowest BCUT2D eigenvalue weighted by Gasteiger charge is -2.31. The Bertz CT molecular complexity index is 432. The van der Waals surface area contributed by atoms with Crippen LogP contribution in [-0.2, 0) is 11.3 Å². The van der Waals surface area contributed by atoms with Crippen LogP contribution < -0.4 is 5.73 Å². The summed E-state index contributed by atoms with van der Waals surface area (Å²) in [4.78, 5) is 13.2. The van der Waals surface area contributed by atoms with Crippen molar-refractivity contribution in [2.75, 3.05) is 13.1 Å². The van der Waals surface area contributed by atoms with E-state index in [9.17, 15) is 9.18 Å². The topological polar surface area (TPSA) is 46.3 Å². The number of carbonyl (C=O) groups excluding carboxylic acids is 1. The summed E-state index contributed by atoms with van der Waals surface area (Å²) in [6.07, 6.45) is 1.72. The van der Waals surface area contributed by atoms with Crippen LogP contribution >= 0.6 is 11.6 Å². The van der Waals surface area contributed by atoms with Gasteiger partial charge in [-0.3, -0.25) is 9.69 Å². The van der Waals surface area contributed by atoms with Crippen molar-refractivity contribution >= 4 is 17.5 Å². The van der Waals surface area contributed by atoms with Crippen LogP contribution in [0.3, 0.4) is 0 Å². The molecule has 2 rings (SSSR count). The molecule has 1 fully saturated rings. The number of primary amides is 1. The Kier molecular flexibility index (Phi) is 4.19. The van der Waals surface area contributed by atoms with Gasteiger partial charge in [0.05, 0.1) is 5.92 Å². The van der Waals surface area contributed by atoms with Crippen molar-refractivity contribution < 1.29 is 9.18 Å². The lowest BCUT2D eigenvalue weighted by atomic mass is 9.97. The quantitative estimate of drug-likeness (QED) is 0.915. The lowest BCUT2D eigenvalue weighted by molar-refractivity contribution is -0.123. The zero-order chi connectivity index (χ0) is 13.1. The van der Waals surface area contributed by atoms with E-state index in [0.717, 1.165) is 19.4 Å². The second-order valence-corrected chi connectivity index (χ2v) is 5.08. The minimum absolute atomic E-state index is 0.135. The van der Waals surface area contributed by atoms with Crippen molar-refractivity contribution in [3.05, 3.63) is 34.6 Å². The number of piperidine rings is 1. The summed E-state index contributed by atoms with van der Waals surface area (Å²) < 4.78 is 13.7. The van der Waals surface area contributed by atoms with Gasteiger partial charge in [-0.05, 0) is 31.5 Å². The summed E-state index contributed by atoms with van der Waals surface area (Å²) in [6.45, 7) is 1.85. The van der Waals surface area contributed by atoms with Crippen molar-refractivity contribution in [1.29, 1.82) is 0 Å². The van der Waals surface area contributed by atoms with Gasteiger partial charge >= 0.3 is 0 Å². The average molecular weight is 271 g/mol. The fourth-order valence-electron chi connectivity index (χ4n) is 2.34. The molecule has 0 aromatic heterocycles. The smallest absolute Gasteiger partial charge is 0.221 e. The first kappa shape index (κ1) is 13.3. The largest absolute Gasteiger partial charge is 0.369 e. The molecule has 1 aromatic carbocycles. The summed E-state index contributed by atoms with van der Waals surface area (Å²) in [5.41, 5.74) is 5.81. The maximum absolute atomic E-state index is 13.7. The predicted octanol–water partition coefficient (Wildman–Crippen LogP) is 2.18. The molecular weight excluding hydrogens is 255 g/mol. The fraction of sp³-hybridized carbons (Fsp3) is 0.462. The number of likely N-dealkylation sites (tertiary alicyclic amines) is 1. The Morgan fingerprint density at radius 1 is 1.56 bits per heavy atom. The predicted molar refractivity (Wildman–Crippen MR) is 68.6 cm³/mol. The molecule has 0 saturated carbocycles. The molecular formula is C13H16ClFN2O. The van der Waals surface area contributed by atoms with Gasteiger partial charge in [0.2, 0.25) is 5.91 Å². The van der Waals surface area contributed by atoms with Crippen molar-refractivity contribution in [2.24, 2.45) is 11.7 Å². The maximum atomic E-state index is 13.7. The summed E-state index contributed by atoms with van der Waals surface area (Å²) in [5.74, 6) is -0.715. The SMILES string of the molecule is NC(=O)C1CCCN(Cc2c(F)cccc2Cl)C1. The van der Waals surface area contributed by atoms with Gasteiger partial charge in [-0.15, -0.1) is 0 Å². The number of rotatable bonds is 3. The molecule has 0 bridgehead atoms. The molecule has 1 saturated heterocycles. The molecule has 98 valence electrons. The molecule has 0 aliphatic carbocycles. The molecule has 2 N–H and O–H groups in total. The van der Waals surface area contributed by atoms with Gasteiger partial charge in [-0.1, -0.05) is 17.7 Å². The van der Waals surface area contributed by atoms with Crippen LogP contribution in [0, 0.1) is 11.7 Å². The van der Waals surface area contributed by atoms with E-state index >= 15 is 0 Å². The second-order valence-electron chi connectivity index (χ2n) is 4.68. The number of hydrogen-bond acceptors (Lipinski definition) is 2. The maximum Gasteiger partial charge on any atom is 0.221 e. The number of carbonyl (C=O) groups is 1. The molecule has 3 nitrogen and oxygen atoms in total. The van der Waals surface area contributed by atoms with E-state index in [-0.39, 0.29) is 17.6 Å². The molecule has 1 aromatic rings. The minimum atomic E-state index is -0.302. The zero-order valence-corrected chi connectivity index (χ0v) is 10.8. The Hall–Kier alpha value is -1.13. The molecule has 0 radical (unpaired) electrons. The van der Waals surface area contributed by atoms with Crippen molar-refractivity contribution in [3.63, 3.8) is 0 Å². The van der Waals surface area contributed by atoms with Crippen molar-refractivity contribution in [3.8, 4) is 0 Å². The monoisotopic (exact) mass is 270 g/mol. The third-order valence-electron chi connectivity index (χ3n) is 3.35. The van der Waals surface area contributed by atoms with Crippen LogP contribution in [0.1, 0.15) is 18.4 Å². The summed E-state index contributed by atoms with van der Waals surface area (Å²) in [5, 5.41) is 0.427. The normalized spacial score (nSPS) is 20.9. The van der Waals surface area contributed by atoms with Gasteiger partial charge in [0.1, 0.15) is 5.82 Å². The van der Waals surface area contributed by atoms with E-state index < -0.39 is 0 Å². The fourth-order valence-corrected chi connectivity index (χ4v) is 2.56. The summed E-state index contributed by atoms with van der Waals surface area (Å²) >= 11 is 5.99. The molecule has 1 aliphatic rings. The highest BCUT2D eigenvalue weighted by atomic mass is 35.5. The van der Waals surface area contributed by atoms with E-state index in [2.05, 4.69) is 0 Å². The van der Waals surface area contributed by atoms with Crippen LogP contribution in [0.2, 0.25) is 5.02 Å². The van der Waals surface area contributed by atoms with Gasteiger partial charge in [0, 0.05) is 23.7 Å². The van der Waals surface area contributed by atoms with Gasteiger partial charge in [-0.25, -0.2) is 4.39 Å². The van der Waals surface area contributed by atoms with E-state index in [1.807, 2.05) is 4.90 Å². The number of benzene rings is 1. The second kappa shape index (κ2) is 5.67. The number of nitrogens with two attached hydrogens (primary N) is 1. The Morgan fingerprint density at radius 2 is 2.33 bits per heavy atom. The zero-order valence-electron chi connectivity index (χ0n) is 10.0. The number of halogens is 2.